The van der Waals surface area contributed by atoms with Crippen molar-refractivity contribution in [2.45, 2.75) is 33.6 Å². The Balaban J connectivity index is 2.59. The van der Waals surface area contributed by atoms with Crippen molar-refractivity contribution < 1.29 is 0 Å². The second kappa shape index (κ2) is 6.27. The minimum atomic E-state index is 0.525. The lowest BCUT2D eigenvalue weighted by Gasteiger charge is -2.13. The summed E-state index contributed by atoms with van der Waals surface area (Å²) in [5.41, 5.74) is 11.1. The van der Waals surface area contributed by atoms with Gasteiger partial charge in [0, 0.05) is 29.2 Å². The number of nitrogens with two attached hydrogens (primary N) is 1. The molecule has 0 saturated carbocycles. The molecule has 108 valence electrons. The molecule has 2 rings (SSSR count). The van der Waals surface area contributed by atoms with Gasteiger partial charge in [0.1, 0.15) is 0 Å². The Hall–Kier alpha value is -1.54. The predicted molar refractivity (Wildman–Crippen MR) is 88.8 cm³/mol. The first-order valence-corrected chi connectivity index (χ1v) is 7.52. The van der Waals surface area contributed by atoms with E-state index in [9.17, 15) is 0 Å². The maximum atomic E-state index is 5.62. The van der Waals surface area contributed by atoms with Crippen molar-refractivity contribution in [3.8, 4) is 0 Å². The van der Waals surface area contributed by atoms with E-state index in [4.69, 9.17) is 5.73 Å². The van der Waals surface area contributed by atoms with Crippen LogP contribution in [-0.4, -0.2) is 11.1 Å². The number of unbranched alkanes of at least 4 members (excludes halogenated alkanes) is 1. The fraction of sp³-hybridized carbons (Fsp3) is 0.444. The van der Waals surface area contributed by atoms with E-state index in [1.165, 1.54) is 27.7 Å². The summed E-state index contributed by atoms with van der Waals surface area (Å²) in [5, 5.41) is 1.36. The molecule has 20 heavy (non-hydrogen) atoms. The Morgan fingerprint density at radius 1 is 1.30 bits per heavy atom. The Labute approximate surface area is 122 Å². The van der Waals surface area contributed by atoms with Crippen LogP contribution in [0.25, 0.3) is 16.5 Å². The van der Waals surface area contributed by atoms with Crippen molar-refractivity contribution in [3.05, 3.63) is 41.6 Å². The number of hydrogen-bond acceptors (Lipinski definition) is 1. The van der Waals surface area contributed by atoms with Crippen molar-refractivity contribution >= 4 is 16.5 Å². The van der Waals surface area contributed by atoms with Gasteiger partial charge >= 0.3 is 0 Å². The third-order valence-electron chi connectivity index (χ3n) is 4.08. The molecule has 0 aliphatic rings. The van der Waals surface area contributed by atoms with E-state index >= 15 is 0 Å². The largest absolute Gasteiger partial charge is 0.347 e. The molecule has 0 amide bonds. The van der Waals surface area contributed by atoms with Crippen LogP contribution in [0.2, 0.25) is 0 Å². The highest BCUT2D eigenvalue weighted by molar-refractivity contribution is 5.95. The van der Waals surface area contributed by atoms with Gasteiger partial charge in [-0.15, -0.1) is 0 Å². The highest BCUT2D eigenvalue weighted by atomic mass is 14.9. The molecular formula is C18H26N2. The third-order valence-corrected chi connectivity index (χ3v) is 4.08. The van der Waals surface area contributed by atoms with Crippen molar-refractivity contribution in [2.24, 2.45) is 18.7 Å². The summed E-state index contributed by atoms with van der Waals surface area (Å²) >= 11 is 0. The van der Waals surface area contributed by atoms with Crippen LogP contribution in [0, 0.1) is 12.8 Å². The summed E-state index contributed by atoms with van der Waals surface area (Å²) in [7, 11) is 2.15. The van der Waals surface area contributed by atoms with Gasteiger partial charge in [0.25, 0.3) is 0 Å². The number of benzene rings is 1. The van der Waals surface area contributed by atoms with E-state index in [1.807, 2.05) is 0 Å². The van der Waals surface area contributed by atoms with Crippen LogP contribution in [0.5, 0.6) is 0 Å². The highest BCUT2D eigenvalue weighted by Crippen LogP contribution is 2.34. The monoisotopic (exact) mass is 270 g/mol. The standard InChI is InChI=1S/C18H26N2/c1-13(2)15(9-7-8-12-19)18-14(3)20(4)17-11-6-5-10-16(17)18/h5-6,9-11,13H,7-8,12,19H2,1-4H3/b15-9+. The van der Waals surface area contributed by atoms with E-state index in [2.05, 4.69) is 62.7 Å². The average molecular weight is 270 g/mol. The molecule has 2 nitrogen and oxygen atoms in total. The van der Waals surface area contributed by atoms with Gasteiger partial charge < -0.3 is 10.3 Å². The quantitative estimate of drug-likeness (QED) is 0.808. The van der Waals surface area contributed by atoms with E-state index in [1.54, 1.807) is 0 Å². The van der Waals surface area contributed by atoms with Crippen molar-refractivity contribution in [1.82, 2.24) is 4.57 Å². The molecule has 1 aromatic heterocycles. The number of aromatic nitrogens is 1. The number of para-hydroxylation sites is 1. The lowest BCUT2D eigenvalue weighted by atomic mass is 9.92. The Kier molecular flexibility index (Phi) is 4.66. The summed E-state index contributed by atoms with van der Waals surface area (Å²) in [6.07, 6.45) is 4.50. The van der Waals surface area contributed by atoms with Gasteiger partial charge in [-0.05, 0) is 43.9 Å². The zero-order valence-corrected chi connectivity index (χ0v) is 13.1. The highest BCUT2D eigenvalue weighted by Gasteiger charge is 2.16. The molecule has 0 aliphatic heterocycles. The number of hydrogen-bond donors (Lipinski definition) is 1. The van der Waals surface area contributed by atoms with Crippen LogP contribution in [0.3, 0.4) is 0 Å². The lowest BCUT2D eigenvalue weighted by molar-refractivity contribution is 0.820. The second-order valence-electron chi connectivity index (χ2n) is 5.78. The van der Waals surface area contributed by atoms with E-state index in [-0.39, 0.29) is 0 Å². The number of allylic oxidation sites excluding steroid dienone is 2. The normalized spacial score (nSPS) is 12.6. The van der Waals surface area contributed by atoms with E-state index in [0.717, 1.165) is 19.4 Å². The fourth-order valence-corrected chi connectivity index (χ4v) is 2.89. The van der Waals surface area contributed by atoms with Crippen molar-refractivity contribution in [2.75, 3.05) is 6.54 Å². The Morgan fingerprint density at radius 2 is 2.00 bits per heavy atom. The molecule has 2 N–H and O–H groups in total. The van der Waals surface area contributed by atoms with Gasteiger partial charge in [-0.2, -0.15) is 0 Å². The molecule has 0 fully saturated rings. The van der Waals surface area contributed by atoms with Gasteiger partial charge in [0.05, 0.1) is 0 Å². The van der Waals surface area contributed by atoms with Gasteiger partial charge in [0.15, 0.2) is 0 Å². The smallest absolute Gasteiger partial charge is 0.0486 e. The van der Waals surface area contributed by atoms with Crippen LogP contribution >= 0.6 is 0 Å². The fourth-order valence-electron chi connectivity index (χ4n) is 2.89. The van der Waals surface area contributed by atoms with Crippen molar-refractivity contribution in [1.29, 1.82) is 0 Å². The summed E-state index contributed by atoms with van der Waals surface area (Å²) < 4.78 is 2.30. The summed E-state index contributed by atoms with van der Waals surface area (Å²) in [4.78, 5) is 0. The maximum Gasteiger partial charge on any atom is 0.0486 e. The van der Waals surface area contributed by atoms with Gasteiger partial charge in [-0.25, -0.2) is 0 Å². The zero-order valence-electron chi connectivity index (χ0n) is 13.1. The predicted octanol–water partition coefficient (Wildman–Crippen LogP) is 4.27. The maximum absolute atomic E-state index is 5.62. The molecule has 0 bridgehead atoms. The van der Waals surface area contributed by atoms with Crippen LogP contribution in [0.1, 0.15) is 37.9 Å². The Morgan fingerprint density at radius 3 is 2.65 bits per heavy atom. The first-order valence-electron chi connectivity index (χ1n) is 7.52. The number of aryl methyl sites for hydroxylation is 1. The molecule has 0 radical (unpaired) electrons. The molecule has 0 unspecified atom stereocenters. The molecule has 2 heteroatoms. The molecule has 0 aliphatic carbocycles. The van der Waals surface area contributed by atoms with Crippen molar-refractivity contribution in [3.63, 3.8) is 0 Å². The Bertz CT molecular complexity index is 618. The molecule has 1 aromatic carbocycles. The average Bonchev–Trinajstić information content (AvgIpc) is 2.68. The van der Waals surface area contributed by atoms with E-state index in [0.29, 0.717) is 5.92 Å². The first kappa shape index (κ1) is 14.9. The van der Waals surface area contributed by atoms with Crippen LogP contribution in [-0.2, 0) is 7.05 Å². The third kappa shape index (κ3) is 2.66. The van der Waals surface area contributed by atoms with Crippen LogP contribution in [0.4, 0.5) is 0 Å². The summed E-state index contributed by atoms with van der Waals surface area (Å²) in [6, 6.07) is 8.67. The molecule has 2 aromatic rings. The van der Waals surface area contributed by atoms with Gasteiger partial charge in [-0.3, -0.25) is 0 Å². The molecule has 1 heterocycles. The summed E-state index contributed by atoms with van der Waals surface area (Å²) in [5.74, 6) is 0.525. The van der Waals surface area contributed by atoms with Gasteiger partial charge in [0.2, 0.25) is 0 Å². The summed E-state index contributed by atoms with van der Waals surface area (Å²) in [6.45, 7) is 7.52. The molecule has 0 atom stereocenters. The minimum absolute atomic E-state index is 0.525. The van der Waals surface area contributed by atoms with Crippen LogP contribution in [0.15, 0.2) is 30.3 Å². The second-order valence-corrected chi connectivity index (χ2v) is 5.78. The number of rotatable bonds is 5. The molecular weight excluding hydrogens is 244 g/mol. The minimum Gasteiger partial charge on any atom is -0.347 e. The number of fused-ring (bicyclic) bond motifs is 1. The first-order chi connectivity index (χ1) is 9.57. The lowest BCUT2D eigenvalue weighted by Crippen LogP contribution is -2.00. The SMILES string of the molecule is Cc1c(/C(=C/CCCN)C(C)C)c2ccccc2n1C. The van der Waals surface area contributed by atoms with Gasteiger partial charge in [-0.1, -0.05) is 38.1 Å². The van der Waals surface area contributed by atoms with Crippen LogP contribution < -0.4 is 5.73 Å². The molecule has 0 spiro atoms. The zero-order chi connectivity index (χ0) is 14.7. The molecule has 0 saturated heterocycles. The van der Waals surface area contributed by atoms with E-state index < -0.39 is 0 Å². The number of nitrogens with zero attached hydrogens (tertiary/aromatic N) is 1. The topological polar surface area (TPSA) is 30.9 Å².